The molecule has 0 aromatic heterocycles. The average molecular weight is 421 g/mol. The third-order valence-corrected chi connectivity index (χ3v) is 7.54. The number of ether oxygens (including phenoxy) is 1. The van der Waals surface area contributed by atoms with Crippen molar-refractivity contribution in [1.82, 2.24) is 9.62 Å². The Morgan fingerprint density at radius 3 is 2.48 bits per heavy atom. The maximum atomic E-state index is 13.0. The molecule has 162 valence electrons. The Hall–Kier alpha value is -1.24. The van der Waals surface area contributed by atoms with E-state index < -0.39 is 17.0 Å². The Bertz CT molecular complexity index is 768. The van der Waals surface area contributed by atoms with Gasteiger partial charge in [-0.25, -0.2) is 4.79 Å². The summed E-state index contributed by atoms with van der Waals surface area (Å²) in [6.45, 7) is 14.9. The second kappa shape index (κ2) is 7.78. The third kappa shape index (κ3) is 5.09. The predicted octanol–water partition coefficient (Wildman–Crippen LogP) is 4.14. The van der Waals surface area contributed by atoms with Crippen molar-refractivity contribution >= 4 is 17.5 Å². The highest BCUT2D eigenvalue weighted by Gasteiger charge is 2.50. The van der Waals surface area contributed by atoms with Crippen LogP contribution in [0.4, 0.5) is 4.79 Å². The molecule has 1 saturated heterocycles. The number of nitrogens with one attached hydrogen (secondary N) is 1. The molecule has 3 unspecified atom stereocenters. The molecule has 1 aliphatic carbocycles. The van der Waals surface area contributed by atoms with Gasteiger partial charge in [-0.3, -0.25) is 0 Å². The summed E-state index contributed by atoms with van der Waals surface area (Å²) >= 11 is -1.20. The van der Waals surface area contributed by atoms with Gasteiger partial charge < -0.3 is 14.2 Å². The number of likely N-dealkylation sites (tertiary alicyclic amines) is 1. The fourth-order valence-electron chi connectivity index (χ4n) is 4.33. The van der Waals surface area contributed by atoms with E-state index in [1.54, 1.807) is 4.90 Å². The standard InChI is InChI=1S/C23H36N2O3S/c1-16-8-9-17-13-23(14-18(17)12-16)10-11-25(20(26)28-21(2,3)4)15-19(23)24-29(27)22(5,6)7/h8-9,12,19,24H,10-11,13-15H2,1-7H3. The van der Waals surface area contributed by atoms with Gasteiger partial charge in [-0.15, -0.1) is 4.72 Å². The van der Waals surface area contributed by atoms with E-state index in [2.05, 4.69) is 29.8 Å². The van der Waals surface area contributed by atoms with Crippen molar-refractivity contribution in [3.8, 4) is 0 Å². The number of carbonyl (C=O) groups is 1. The lowest BCUT2D eigenvalue weighted by Gasteiger charge is -2.46. The highest BCUT2D eigenvalue weighted by molar-refractivity contribution is 7.90. The molecule has 1 heterocycles. The van der Waals surface area contributed by atoms with Gasteiger partial charge in [-0.05, 0) is 78.9 Å². The minimum Gasteiger partial charge on any atom is -0.598 e. The Morgan fingerprint density at radius 1 is 1.21 bits per heavy atom. The number of benzene rings is 1. The average Bonchev–Trinajstić information content (AvgIpc) is 2.92. The third-order valence-electron chi connectivity index (χ3n) is 5.93. The van der Waals surface area contributed by atoms with Crippen LogP contribution in [-0.4, -0.2) is 45.0 Å². The zero-order valence-electron chi connectivity index (χ0n) is 18.9. The summed E-state index contributed by atoms with van der Waals surface area (Å²) < 4.78 is 21.6. The predicted molar refractivity (Wildman–Crippen MR) is 118 cm³/mol. The van der Waals surface area contributed by atoms with E-state index in [1.807, 2.05) is 41.5 Å². The first-order valence-electron chi connectivity index (χ1n) is 10.5. The van der Waals surface area contributed by atoms with Gasteiger partial charge in [-0.1, -0.05) is 23.8 Å². The minimum absolute atomic E-state index is 0.0183. The smallest absolute Gasteiger partial charge is 0.410 e. The first-order valence-corrected chi connectivity index (χ1v) is 11.7. The number of nitrogens with zero attached hydrogens (tertiary/aromatic N) is 1. The SMILES string of the molecule is Cc1ccc2c(c1)CC1(CCN(C(=O)OC(C)(C)C)CC1N[S+]([O-])C(C)(C)C)C2. The molecular weight excluding hydrogens is 384 g/mol. The molecule has 0 saturated carbocycles. The number of rotatable bonds is 2. The van der Waals surface area contributed by atoms with Crippen LogP contribution < -0.4 is 4.72 Å². The van der Waals surface area contributed by atoms with E-state index in [1.165, 1.54) is 16.7 Å². The van der Waals surface area contributed by atoms with E-state index in [0.29, 0.717) is 13.1 Å². The molecule has 3 atom stereocenters. The number of hydrogen-bond donors (Lipinski definition) is 1. The molecule has 5 nitrogen and oxygen atoms in total. The molecule has 1 N–H and O–H groups in total. The molecule has 1 aliphatic heterocycles. The van der Waals surface area contributed by atoms with Crippen LogP contribution in [0.3, 0.4) is 0 Å². The van der Waals surface area contributed by atoms with Gasteiger partial charge in [0.2, 0.25) is 0 Å². The van der Waals surface area contributed by atoms with Gasteiger partial charge in [0.15, 0.2) is 0 Å². The van der Waals surface area contributed by atoms with Gasteiger partial charge in [0, 0.05) is 29.9 Å². The highest BCUT2D eigenvalue weighted by atomic mass is 32.2. The van der Waals surface area contributed by atoms with Gasteiger partial charge in [0.1, 0.15) is 10.3 Å². The quantitative estimate of drug-likeness (QED) is 0.730. The summed E-state index contributed by atoms with van der Waals surface area (Å²) in [5, 5.41) is 0. The lowest BCUT2D eigenvalue weighted by Crippen LogP contribution is -2.62. The Morgan fingerprint density at radius 2 is 1.86 bits per heavy atom. The Balaban J connectivity index is 1.84. The second-order valence-corrected chi connectivity index (χ2v) is 12.7. The summed E-state index contributed by atoms with van der Waals surface area (Å²) in [7, 11) is 0. The van der Waals surface area contributed by atoms with Crippen molar-refractivity contribution < 1.29 is 14.1 Å². The van der Waals surface area contributed by atoms with Crippen LogP contribution in [0.5, 0.6) is 0 Å². The van der Waals surface area contributed by atoms with E-state index in [-0.39, 0.29) is 22.3 Å². The Kier molecular flexibility index (Phi) is 6.03. The molecule has 1 amide bonds. The van der Waals surface area contributed by atoms with E-state index in [0.717, 1.165) is 19.3 Å². The fourth-order valence-corrected chi connectivity index (χ4v) is 5.27. The van der Waals surface area contributed by atoms with Gasteiger partial charge in [-0.2, -0.15) is 0 Å². The van der Waals surface area contributed by atoms with Crippen molar-refractivity contribution in [2.45, 2.75) is 84.1 Å². The molecule has 2 aliphatic rings. The maximum Gasteiger partial charge on any atom is 0.410 e. The molecule has 0 radical (unpaired) electrons. The number of piperidine rings is 1. The van der Waals surface area contributed by atoms with Crippen molar-refractivity contribution in [1.29, 1.82) is 0 Å². The minimum atomic E-state index is -1.20. The lowest BCUT2D eigenvalue weighted by atomic mass is 9.72. The topological polar surface area (TPSA) is 64.6 Å². The molecule has 1 aromatic rings. The number of amides is 1. The van der Waals surface area contributed by atoms with Crippen LogP contribution in [0.25, 0.3) is 0 Å². The first-order chi connectivity index (χ1) is 13.3. The monoisotopic (exact) mass is 420 g/mol. The van der Waals surface area contributed by atoms with Gasteiger partial charge in [0.25, 0.3) is 0 Å². The van der Waals surface area contributed by atoms with Crippen LogP contribution in [0, 0.1) is 12.3 Å². The van der Waals surface area contributed by atoms with Crippen LogP contribution in [0.1, 0.15) is 64.7 Å². The first kappa shape index (κ1) is 22.4. The number of aryl methyl sites for hydroxylation is 1. The van der Waals surface area contributed by atoms with Crippen LogP contribution in [-0.2, 0) is 28.9 Å². The lowest BCUT2D eigenvalue weighted by molar-refractivity contribution is 0.00423. The highest BCUT2D eigenvalue weighted by Crippen LogP contribution is 2.45. The summed E-state index contributed by atoms with van der Waals surface area (Å²) in [6, 6.07) is 6.64. The fraction of sp³-hybridized carbons (Fsp3) is 0.696. The van der Waals surface area contributed by atoms with Crippen molar-refractivity contribution in [2.24, 2.45) is 5.41 Å². The van der Waals surface area contributed by atoms with Gasteiger partial charge in [0.05, 0.1) is 6.04 Å². The molecule has 1 spiro atoms. The molecule has 0 bridgehead atoms. The normalized spacial score (nSPS) is 25.8. The zero-order valence-corrected chi connectivity index (χ0v) is 19.7. The number of fused-ring (bicyclic) bond motifs is 1. The van der Waals surface area contributed by atoms with E-state index in [4.69, 9.17) is 4.74 Å². The van der Waals surface area contributed by atoms with Crippen molar-refractivity contribution in [3.05, 3.63) is 34.9 Å². The van der Waals surface area contributed by atoms with E-state index in [9.17, 15) is 9.35 Å². The van der Waals surface area contributed by atoms with Crippen LogP contribution >= 0.6 is 0 Å². The van der Waals surface area contributed by atoms with Crippen LogP contribution in [0.15, 0.2) is 18.2 Å². The molecule has 1 aromatic carbocycles. The second-order valence-electron chi connectivity index (χ2n) is 10.7. The summed E-state index contributed by atoms with van der Waals surface area (Å²) in [6.07, 6.45) is 2.51. The molecule has 1 fully saturated rings. The largest absolute Gasteiger partial charge is 0.598 e. The zero-order chi connectivity index (χ0) is 21.6. The molecular formula is C23H36N2O3S. The van der Waals surface area contributed by atoms with Crippen LogP contribution in [0.2, 0.25) is 0 Å². The molecule has 6 heteroatoms. The van der Waals surface area contributed by atoms with E-state index >= 15 is 0 Å². The Labute approximate surface area is 178 Å². The maximum absolute atomic E-state index is 13.0. The summed E-state index contributed by atoms with van der Waals surface area (Å²) in [4.78, 5) is 14.5. The number of carbonyl (C=O) groups excluding carboxylic acids is 1. The molecule has 29 heavy (non-hydrogen) atoms. The van der Waals surface area contributed by atoms with Gasteiger partial charge >= 0.3 is 6.09 Å². The summed E-state index contributed by atoms with van der Waals surface area (Å²) in [5.74, 6) is 0. The molecule has 3 rings (SSSR count). The summed E-state index contributed by atoms with van der Waals surface area (Å²) in [5.41, 5.74) is 3.51. The number of hydrogen-bond acceptors (Lipinski definition) is 4. The van der Waals surface area contributed by atoms with Crippen molar-refractivity contribution in [3.63, 3.8) is 0 Å². The van der Waals surface area contributed by atoms with Crippen molar-refractivity contribution in [2.75, 3.05) is 13.1 Å².